The lowest BCUT2D eigenvalue weighted by Gasteiger charge is -2.18. The van der Waals surface area contributed by atoms with Crippen LogP contribution in [0.3, 0.4) is 0 Å². The first-order chi connectivity index (χ1) is 17.2. The van der Waals surface area contributed by atoms with E-state index >= 15 is 0 Å². The van der Waals surface area contributed by atoms with Gasteiger partial charge in [0.05, 0.1) is 12.8 Å². The van der Waals surface area contributed by atoms with Gasteiger partial charge in [0.15, 0.2) is 0 Å². The molecule has 0 unspecified atom stereocenters. The number of anilines is 3. The second-order valence-corrected chi connectivity index (χ2v) is 9.16. The fourth-order valence-electron chi connectivity index (χ4n) is 3.83. The van der Waals surface area contributed by atoms with Crippen molar-refractivity contribution in [3.63, 3.8) is 0 Å². The maximum Gasteiger partial charge on any atom is 0.283 e. The molecule has 0 spiro atoms. The van der Waals surface area contributed by atoms with E-state index in [9.17, 15) is 14.4 Å². The standard InChI is InChI=1S/C27H23Cl2N3O4/c1-15(2)19-6-4-5-7-20(19)31-25(33)16-8-11-18(12-9-16)30-24-23(29)26(34)32(27(24)35)21-14-17(28)10-13-22(21)36-3/h4-15,30H,1-3H3,(H,31,33). The van der Waals surface area contributed by atoms with Crippen molar-refractivity contribution >= 4 is 58.0 Å². The third-order valence-electron chi connectivity index (χ3n) is 5.66. The molecule has 0 radical (unpaired) electrons. The van der Waals surface area contributed by atoms with Crippen molar-refractivity contribution in [3.8, 4) is 5.75 Å². The summed E-state index contributed by atoms with van der Waals surface area (Å²) in [6.07, 6.45) is 0. The lowest BCUT2D eigenvalue weighted by Crippen LogP contribution is -2.32. The second kappa shape index (κ2) is 10.4. The average molecular weight is 524 g/mol. The van der Waals surface area contributed by atoms with Crippen LogP contribution >= 0.6 is 23.2 Å². The van der Waals surface area contributed by atoms with Crippen LogP contribution in [0.2, 0.25) is 5.02 Å². The first kappa shape index (κ1) is 25.3. The predicted octanol–water partition coefficient (Wildman–Crippen LogP) is 6.16. The number of nitrogens with one attached hydrogen (secondary N) is 2. The Morgan fingerprint density at radius 3 is 2.31 bits per heavy atom. The molecule has 3 amide bonds. The number of halogens is 2. The highest BCUT2D eigenvalue weighted by Gasteiger charge is 2.40. The molecule has 1 aliphatic heterocycles. The van der Waals surface area contributed by atoms with E-state index in [4.69, 9.17) is 27.9 Å². The van der Waals surface area contributed by atoms with Crippen LogP contribution < -0.4 is 20.3 Å². The maximum absolute atomic E-state index is 13.1. The molecule has 0 bridgehead atoms. The first-order valence-electron chi connectivity index (χ1n) is 11.1. The monoisotopic (exact) mass is 523 g/mol. The Morgan fingerprint density at radius 1 is 0.944 bits per heavy atom. The van der Waals surface area contributed by atoms with Crippen LogP contribution in [0.15, 0.2) is 77.5 Å². The van der Waals surface area contributed by atoms with Crippen LogP contribution in [0, 0.1) is 0 Å². The molecular weight excluding hydrogens is 501 g/mol. The minimum absolute atomic E-state index is 0.0910. The van der Waals surface area contributed by atoms with Crippen molar-refractivity contribution < 1.29 is 19.1 Å². The van der Waals surface area contributed by atoms with E-state index in [1.807, 2.05) is 24.3 Å². The lowest BCUT2D eigenvalue weighted by atomic mass is 10.0. The van der Waals surface area contributed by atoms with Gasteiger partial charge in [0.25, 0.3) is 17.7 Å². The van der Waals surface area contributed by atoms with Gasteiger partial charge in [-0.25, -0.2) is 4.90 Å². The van der Waals surface area contributed by atoms with Gasteiger partial charge in [0, 0.05) is 22.0 Å². The summed E-state index contributed by atoms with van der Waals surface area (Å²) in [5.74, 6) is -1.08. The van der Waals surface area contributed by atoms with Crippen LogP contribution in [0.25, 0.3) is 0 Å². The summed E-state index contributed by atoms with van der Waals surface area (Å²) in [5.41, 5.74) is 2.79. The zero-order chi connectivity index (χ0) is 26.0. The summed E-state index contributed by atoms with van der Waals surface area (Å²) in [7, 11) is 1.42. The molecule has 9 heteroatoms. The van der Waals surface area contributed by atoms with Gasteiger partial charge in [0.2, 0.25) is 0 Å². The summed E-state index contributed by atoms with van der Waals surface area (Å²) in [4.78, 5) is 39.6. The molecule has 1 heterocycles. The van der Waals surface area contributed by atoms with Gasteiger partial charge in [-0.05, 0) is 60.0 Å². The Balaban J connectivity index is 1.51. The number of rotatable bonds is 7. The number of ether oxygens (including phenoxy) is 1. The van der Waals surface area contributed by atoms with E-state index in [2.05, 4.69) is 24.5 Å². The zero-order valence-corrected chi connectivity index (χ0v) is 21.3. The van der Waals surface area contributed by atoms with Gasteiger partial charge in [-0.3, -0.25) is 14.4 Å². The highest BCUT2D eigenvalue weighted by atomic mass is 35.5. The molecule has 0 saturated carbocycles. The molecule has 1 aliphatic rings. The molecule has 3 aromatic rings. The topological polar surface area (TPSA) is 87.7 Å². The lowest BCUT2D eigenvalue weighted by molar-refractivity contribution is -0.120. The Labute approximate surface area is 218 Å². The van der Waals surface area contributed by atoms with Gasteiger partial charge in [-0.1, -0.05) is 55.2 Å². The van der Waals surface area contributed by atoms with Crippen LogP contribution in [-0.2, 0) is 9.59 Å². The van der Waals surface area contributed by atoms with Gasteiger partial charge in [0.1, 0.15) is 16.5 Å². The molecule has 0 aliphatic carbocycles. The summed E-state index contributed by atoms with van der Waals surface area (Å²) >= 11 is 12.3. The van der Waals surface area contributed by atoms with Crippen LogP contribution in [0.4, 0.5) is 17.1 Å². The van der Waals surface area contributed by atoms with Crippen molar-refractivity contribution in [2.24, 2.45) is 0 Å². The SMILES string of the molecule is COc1ccc(Cl)cc1N1C(=O)C(Cl)=C(Nc2ccc(C(=O)Nc3ccccc3C(C)C)cc2)C1=O. The smallest absolute Gasteiger partial charge is 0.283 e. The minimum atomic E-state index is -0.704. The van der Waals surface area contributed by atoms with Crippen molar-refractivity contribution in [2.45, 2.75) is 19.8 Å². The number of methoxy groups -OCH3 is 1. The maximum atomic E-state index is 13.1. The summed E-state index contributed by atoms with van der Waals surface area (Å²) in [5, 5.41) is 5.89. The van der Waals surface area contributed by atoms with Crippen molar-refractivity contribution in [1.29, 1.82) is 0 Å². The van der Waals surface area contributed by atoms with E-state index in [1.165, 1.54) is 13.2 Å². The first-order valence-corrected chi connectivity index (χ1v) is 11.9. The van der Waals surface area contributed by atoms with E-state index in [-0.39, 0.29) is 28.2 Å². The highest BCUT2D eigenvalue weighted by molar-refractivity contribution is 6.53. The fourth-order valence-corrected chi connectivity index (χ4v) is 4.21. The fraction of sp³-hybridized carbons (Fsp3) is 0.148. The van der Waals surface area contributed by atoms with Gasteiger partial charge in [-0.2, -0.15) is 0 Å². The Bertz CT molecular complexity index is 1380. The highest BCUT2D eigenvalue weighted by Crippen LogP contribution is 2.37. The summed E-state index contributed by atoms with van der Waals surface area (Å²) in [6, 6.07) is 18.7. The molecule has 0 aromatic heterocycles. The van der Waals surface area contributed by atoms with Gasteiger partial charge < -0.3 is 15.4 Å². The van der Waals surface area contributed by atoms with E-state index in [1.54, 1.807) is 36.4 Å². The number of carbonyl (C=O) groups is 3. The number of hydrogen-bond donors (Lipinski definition) is 2. The van der Waals surface area contributed by atoms with Crippen LogP contribution in [0.5, 0.6) is 5.75 Å². The number of amides is 3. The molecule has 0 fully saturated rings. The molecule has 4 rings (SSSR count). The molecule has 7 nitrogen and oxygen atoms in total. The average Bonchev–Trinajstić information content (AvgIpc) is 3.07. The number of benzene rings is 3. The summed E-state index contributed by atoms with van der Waals surface area (Å²) < 4.78 is 5.27. The largest absolute Gasteiger partial charge is 0.495 e. The number of hydrogen-bond acceptors (Lipinski definition) is 5. The number of nitrogens with zero attached hydrogens (tertiary/aromatic N) is 1. The Morgan fingerprint density at radius 2 is 1.64 bits per heavy atom. The van der Waals surface area contributed by atoms with E-state index in [0.29, 0.717) is 22.0 Å². The molecule has 0 saturated heterocycles. The number of para-hydroxylation sites is 1. The molecule has 0 atom stereocenters. The molecule has 3 aromatic carbocycles. The second-order valence-electron chi connectivity index (χ2n) is 8.35. The third-order valence-corrected chi connectivity index (χ3v) is 6.24. The summed E-state index contributed by atoms with van der Waals surface area (Å²) in [6.45, 7) is 4.12. The zero-order valence-electron chi connectivity index (χ0n) is 19.8. The van der Waals surface area contributed by atoms with Gasteiger partial charge in [-0.15, -0.1) is 0 Å². The van der Waals surface area contributed by atoms with E-state index in [0.717, 1.165) is 16.2 Å². The quantitative estimate of drug-likeness (QED) is 0.362. The van der Waals surface area contributed by atoms with Crippen LogP contribution in [-0.4, -0.2) is 24.8 Å². The molecule has 2 N–H and O–H groups in total. The van der Waals surface area contributed by atoms with E-state index < -0.39 is 11.8 Å². The molecule has 36 heavy (non-hydrogen) atoms. The minimum Gasteiger partial charge on any atom is -0.495 e. The van der Waals surface area contributed by atoms with Crippen molar-refractivity contribution in [1.82, 2.24) is 0 Å². The molecule has 184 valence electrons. The van der Waals surface area contributed by atoms with Crippen molar-refractivity contribution in [3.05, 3.63) is 93.6 Å². The van der Waals surface area contributed by atoms with Gasteiger partial charge >= 0.3 is 0 Å². The number of imide groups is 1. The third kappa shape index (κ3) is 4.94. The number of carbonyl (C=O) groups excluding carboxylic acids is 3. The predicted molar refractivity (Wildman–Crippen MR) is 142 cm³/mol. The van der Waals surface area contributed by atoms with Crippen LogP contribution in [0.1, 0.15) is 35.7 Å². The normalized spacial score (nSPS) is 13.4. The van der Waals surface area contributed by atoms with Crippen molar-refractivity contribution in [2.75, 3.05) is 22.6 Å². The molecular formula is C27H23Cl2N3O4. The Hall–Kier alpha value is -3.81. The Kier molecular flexibility index (Phi) is 7.33.